The molecule has 0 bridgehead atoms. The lowest BCUT2D eigenvalue weighted by molar-refractivity contribution is -0.146. The maximum Gasteiger partial charge on any atom is 0.243 e. The van der Waals surface area contributed by atoms with Crippen LogP contribution in [0.4, 0.5) is 0 Å². The van der Waals surface area contributed by atoms with Gasteiger partial charge in [0.2, 0.25) is 41.4 Å². The summed E-state index contributed by atoms with van der Waals surface area (Å²) in [6, 6.07) is 6.14. The predicted octanol–water partition coefficient (Wildman–Crippen LogP) is 3.27. The summed E-state index contributed by atoms with van der Waals surface area (Å²) in [4.78, 5) is 117. The third kappa shape index (κ3) is 12.1. The van der Waals surface area contributed by atoms with Crippen molar-refractivity contribution >= 4 is 74.9 Å². The number of aromatic amines is 1. The van der Waals surface area contributed by atoms with Gasteiger partial charge in [-0.25, -0.2) is 4.68 Å². The first-order chi connectivity index (χ1) is 33.8. The highest BCUT2D eigenvalue weighted by atomic mass is 32.1. The van der Waals surface area contributed by atoms with Crippen LogP contribution >= 0.6 is 11.3 Å². The van der Waals surface area contributed by atoms with Crippen LogP contribution in [0.15, 0.2) is 67.0 Å². The van der Waals surface area contributed by atoms with Crippen LogP contribution in [0.3, 0.4) is 0 Å². The minimum atomic E-state index is -1.35. The summed E-state index contributed by atoms with van der Waals surface area (Å²) in [6.45, 7) is 0.219. The quantitative estimate of drug-likeness (QED) is 0.129. The Morgan fingerprint density at radius 2 is 1.60 bits per heavy atom. The number of nitrogens with one attached hydrogen (secondary N) is 5. The van der Waals surface area contributed by atoms with Gasteiger partial charge in [0.05, 0.1) is 29.6 Å². The number of hydrogen-bond acceptors (Lipinski definition) is 11. The summed E-state index contributed by atoms with van der Waals surface area (Å²) in [5.41, 5.74) is 14.8. The second kappa shape index (κ2) is 22.6. The number of ketones is 1. The van der Waals surface area contributed by atoms with Crippen molar-refractivity contribution in [1.29, 1.82) is 0 Å². The fourth-order valence-electron chi connectivity index (χ4n) is 10.2. The number of fused-ring (bicyclic) bond motifs is 2. The van der Waals surface area contributed by atoms with Gasteiger partial charge in [0.1, 0.15) is 23.8 Å². The summed E-state index contributed by atoms with van der Waals surface area (Å²) in [5.74, 6) is -6.23. The van der Waals surface area contributed by atoms with E-state index in [9.17, 15) is 28.8 Å². The molecular weight excluding hydrogens is 915 g/mol. The molecular formula is C50H61N11O8S. The van der Waals surface area contributed by atoms with E-state index in [1.165, 1.54) is 10.5 Å². The minimum absolute atomic E-state index is 0.0115. The molecule has 19 nitrogen and oxygen atoms in total. The van der Waals surface area contributed by atoms with Gasteiger partial charge < -0.3 is 42.6 Å². The molecule has 4 aromatic rings. The second-order valence-corrected chi connectivity index (χ2v) is 20.0. The molecule has 0 radical (unpaired) electrons. The Balaban J connectivity index is 1.15. The van der Waals surface area contributed by atoms with Crippen molar-refractivity contribution in [3.8, 4) is 10.6 Å². The van der Waals surface area contributed by atoms with Crippen molar-refractivity contribution in [1.82, 2.24) is 46.1 Å². The fourth-order valence-corrected chi connectivity index (χ4v) is 11.2. The standard InChI is InChI=1S/C50H61N11O8S/c51-44(63)25-37-41(62)24-34(29-10-2-1-3-11-29)50(69)60-27-32(61-28-39(58-59-61)43-18-17-42(70-43)30-12-4-5-13-30)23-40(60)49(68)57-38(22-31-26-54-35-15-7-6-14-33(31)35)48(67)56-36(47(52)66)16-8-9-21-53-45(64)19-20-46(65)55-37/h4-7,12,14-15,17-18,26,28-29,32,34,36-38,40,54H,1-3,8-11,13,16,19-25,27H2,(H2,51,63)(H2,52,66)(H,53,64)(H,55,65)(H,56,67)(H,57,68)/t32-,34-,36-,37-,38-,40-/m0/s1. The third-order valence-corrected chi connectivity index (χ3v) is 15.2. The number of H-pyrrole nitrogens is 1. The molecule has 1 saturated carbocycles. The molecule has 370 valence electrons. The van der Waals surface area contributed by atoms with Crippen molar-refractivity contribution in [2.45, 2.75) is 127 Å². The van der Waals surface area contributed by atoms with Crippen LogP contribution in [0.2, 0.25) is 0 Å². The van der Waals surface area contributed by atoms with Gasteiger partial charge >= 0.3 is 0 Å². The van der Waals surface area contributed by atoms with Crippen molar-refractivity contribution < 1.29 is 38.4 Å². The molecule has 1 aromatic carbocycles. The van der Waals surface area contributed by atoms with Gasteiger partial charge in [-0.2, -0.15) is 0 Å². The molecule has 8 rings (SSSR count). The highest BCUT2D eigenvalue weighted by Gasteiger charge is 2.46. The monoisotopic (exact) mass is 975 g/mol. The molecule has 3 aromatic heterocycles. The fraction of sp³-hybridized carbons (Fsp3) is 0.480. The average molecular weight is 976 g/mol. The molecule has 0 unspecified atom stereocenters. The van der Waals surface area contributed by atoms with Crippen LogP contribution in [0.1, 0.15) is 106 Å². The number of hydrogen-bond donors (Lipinski definition) is 7. The van der Waals surface area contributed by atoms with E-state index in [4.69, 9.17) is 11.5 Å². The van der Waals surface area contributed by atoms with E-state index >= 15 is 9.59 Å². The van der Waals surface area contributed by atoms with Gasteiger partial charge in [-0.15, -0.1) is 16.4 Å². The van der Waals surface area contributed by atoms with E-state index in [2.05, 4.69) is 48.7 Å². The molecule has 0 spiro atoms. The molecule has 6 atom stereocenters. The van der Waals surface area contributed by atoms with Crippen molar-refractivity contribution in [2.24, 2.45) is 23.3 Å². The smallest absolute Gasteiger partial charge is 0.243 e. The van der Waals surface area contributed by atoms with Gasteiger partial charge in [0, 0.05) is 73.1 Å². The number of nitrogens with zero attached hydrogens (tertiary/aromatic N) is 4. The normalized spacial score (nSPS) is 25.2. The molecule has 20 heteroatoms. The molecule has 7 amide bonds. The molecule has 2 saturated heterocycles. The van der Waals surface area contributed by atoms with E-state index in [-0.39, 0.29) is 57.5 Å². The number of rotatable bonds is 9. The number of amides is 7. The van der Waals surface area contributed by atoms with Crippen molar-refractivity contribution in [2.75, 3.05) is 13.1 Å². The second-order valence-electron chi connectivity index (χ2n) is 18.9. The third-order valence-electron chi connectivity index (χ3n) is 14.0. The summed E-state index contributed by atoms with van der Waals surface area (Å²) in [5, 5.41) is 20.9. The first-order valence-corrected chi connectivity index (χ1v) is 25.1. The number of para-hydroxylation sites is 1. The Labute approximate surface area is 409 Å². The number of allylic oxidation sites excluding steroid dienone is 4. The Morgan fingerprint density at radius 3 is 2.37 bits per heavy atom. The number of nitrogens with two attached hydrogens (primary N) is 2. The molecule has 2 aliphatic heterocycles. The Kier molecular flexibility index (Phi) is 16.0. The largest absolute Gasteiger partial charge is 0.370 e. The molecule has 9 N–H and O–H groups in total. The van der Waals surface area contributed by atoms with Gasteiger partial charge in [0.25, 0.3) is 0 Å². The zero-order valence-corrected chi connectivity index (χ0v) is 39.8. The summed E-state index contributed by atoms with van der Waals surface area (Å²) < 4.78 is 1.65. The number of carbonyl (C=O) groups is 8. The van der Waals surface area contributed by atoms with Gasteiger partial charge in [0.15, 0.2) is 5.78 Å². The van der Waals surface area contributed by atoms with Gasteiger partial charge in [-0.05, 0) is 73.8 Å². The van der Waals surface area contributed by atoms with Crippen LogP contribution in [-0.4, -0.2) is 109 Å². The molecule has 70 heavy (non-hydrogen) atoms. The maximum absolute atomic E-state index is 15.4. The highest BCUT2D eigenvalue weighted by molar-refractivity contribution is 7.16. The molecule has 4 aliphatic rings. The van der Waals surface area contributed by atoms with E-state index in [0.717, 1.165) is 51.9 Å². The number of carbonyl (C=O) groups excluding carboxylic acids is 8. The lowest BCUT2D eigenvalue weighted by atomic mass is 9.76. The summed E-state index contributed by atoms with van der Waals surface area (Å²) in [7, 11) is 0. The van der Waals surface area contributed by atoms with Crippen LogP contribution in [0, 0.1) is 11.8 Å². The average Bonchev–Trinajstić information content (AvgIpc) is 4.21. The van der Waals surface area contributed by atoms with E-state index < -0.39 is 89.7 Å². The Bertz CT molecular complexity index is 2680. The topological polar surface area (TPSA) is 286 Å². The van der Waals surface area contributed by atoms with Crippen molar-refractivity contribution in [3.63, 3.8) is 0 Å². The van der Waals surface area contributed by atoms with Gasteiger partial charge in [-0.1, -0.05) is 60.9 Å². The summed E-state index contributed by atoms with van der Waals surface area (Å²) in [6.07, 6.45) is 14.1. The van der Waals surface area contributed by atoms with Crippen molar-refractivity contribution in [3.05, 3.63) is 77.5 Å². The Hall–Kier alpha value is -6.96. The van der Waals surface area contributed by atoms with Crippen LogP contribution in [0.25, 0.3) is 27.0 Å². The molecule has 5 heterocycles. The predicted molar refractivity (Wildman–Crippen MR) is 261 cm³/mol. The number of thiophene rings is 1. The first-order valence-electron chi connectivity index (χ1n) is 24.3. The zero-order chi connectivity index (χ0) is 49.3. The number of aromatic nitrogens is 4. The SMILES string of the molecule is NC(=O)C[C@@H]1NC(=O)CCC(=O)NCCCC[C@@H](C(N)=O)NC(=O)[C@H](Cc2c[nH]c3ccccc23)NC(=O)[C@@H]2C[C@H](n3cc(-c4ccc(C5=CC=CC5)s4)nn3)CN2C(=O)[C@H](C2CCCCC2)CC1=O. The number of primary amides is 2. The van der Waals surface area contributed by atoms with Crippen LogP contribution in [-0.2, 0) is 44.8 Å². The van der Waals surface area contributed by atoms with Crippen LogP contribution < -0.4 is 32.7 Å². The molecule has 3 fully saturated rings. The number of benzene rings is 1. The van der Waals surface area contributed by atoms with E-state index in [1.807, 2.05) is 42.5 Å². The lowest BCUT2D eigenvalue weighted by Crippen LogP contribution is -2.57. The first kappa shape index (κ1) is 49.5. The van der Waals surface area contributed by atoms with E-state index in [1.54, 1.807) is 28.4 Å². The Morgan fingerprint density at radius 1 is 0.829 bits per heavy atom. The zero-order valence-electron chi connectivity index (χ0n) is 39.0. The van der Waals surface area contributed by atoms with E-state index in [0.29, 0.717) is 31.4 Å². The number of Topliss-reactive ketones (excluding diaryl/α,β-unsaturated/α-hetero) is 1. The van der Waals surface area contributed by atoms with Gasteiger partial charge in [-0.3, -0.25) is 38.4 Å². The minimum Gasteiger partial charge on any atom is -0.370 e. The molecule has 2 aliphatic carbocycles. The maximum atomic E-state index is 15.4. The highest BCUT2D eigenvalue weighted by Crippen LogP contribution is 2.38. The van der Waals surface area contributed by atoms with Crippen LogP contribution in [0.5, 0.6) is 0 Å². The summed E-state index contributed by atoms with van der Waals surface area (Å²) >= 11 is 1.59. The lowest BCUT2D eigenvalue weighted by Gasteiger charge is -2.35.